The number of hydrogen-bond donors (Lipinski definition) is 0. The molecule has 0 heterocycles. The van der Waals surface area contributed by atoms with E-state index < -0.39 is 0 Å². The van der Waals surface area contributed by atoms with Gasteiger partial charge in [-0.3, -0.25) is 0 Å². The summed E-state index contributed by atoms with van der Waals surface area (Å²) in [5, 5.41) is 0. The highest BCUT2D eigenvalue weighted by Crippen LogP contribution is 2.00. The van der Waals surface area contributed by atoms with Gasteiger partial charge >= 0.3 is 5.97 Å². The number of carbonyl (C=O) groups is 1. The van der Waals surface area contributed by atoms with Crippen LogP contribution in [0.3, 0.4) is 0 Å². The van der Waals surface area contributed by atoms with Crippen LogP contribution in [-0.2, 0) is 9.53 Å². The average Bonchev–Trinajstić information content (AvgIpc) is 2.04. The van der Waals surface area contributed by atoms with Crippen LogP contribution in [0.25, 0.3) is 0 Å². The number of halogens is 1. The lowest BCUT2D eigenvalue weighted by Crippen LogP contribution is -2.41. The van der Waals surface area contributed by atoms with E-state index in [4.69, 9.17) is 4.74 Å². The zero-order chi connectivity index (χ0) is 9.61. The molecule has 0 fully saturated rings. The number of likely N-dealkylation sites (N-methyl/N-ethyl adjacent to an activating group) is 1. The molecule has 0 aliphatic heterocycles. The van der Waals surface area contributed by atoms with Crippen LogP contribution < -0.4 is 0 Å². The first kappa shape index (κ1) is 11.9. The van der Waals surface area contributed by atoms with Crippen LogP contribution in [0.5, 0.6) is 0 Å². The third kappa shape index (κ3) is 5.54. The first-order valence-electron chi connectivity index (χ1n) is 3.69. The Bertz CT molecular complexity index is 168. The number of rotatable bonds is 5. The zero-order valence-corrected chi connectivity index (χ0v) is 9.70. The van der Waals surface area contributed by atoms with Gasteiger partial charge in [0.15, 0.2) is 0 Å². The molecule has 0 aliphatic carbocycles. The Kier molecular flexibility index (Phi) is 5.48. The first-order valence-corrected chi connectivity index (χ1v) is 5.21. The Morgan fingerprint density at radius 2 is 2.25 bits per heavy atom. The minimum Gasteiger partial charge on any atom is -0.457 e. The van der Waals surface area contributed by atoms with E-state index in [1.54, 1.807) is 0 Å². The Morgan fingerprint density at radius 3 is 2.67 bits per heavy atom. The van der Waals surface area contributed by atoms with Gasteiger partial charge in [-0.25, -0.2) is 4.79 Å². The van der Waals surface area contributed by atoms with Gasteiger partial charge in [-0.15, -0.1) is 0 Å². The van der Waals surface area contributed by atoms with E-state index in [0.717, 1.165) is 15.6 Å². The number of hydrogen-bond acceptors (Lipinski definition) is 2. The van der Waals surface area contributed by atoms with Crippen molar-refractivity contribution in [3.8, 4) is 0 Å². The summed E-state index contributed by atoms with van der Waals surface area (Å²) in [4.78, 5) is 10.6. The molecule has 0 unspecified atom stereocenters. The molecule has 0 aromatic carbocycles. The van der Waals surface area contributed by atoms with Crippen LogP contribution in [0.4, 0.5) is 0 Å². The van der Waals surface area contributed by atoms with Crippen molar-refractivity contribution in [1.82, 2.24) is 0 Å². The number of alkyl halides is 1. The molecule has 0 aromatic rings. The van der Waals surface area contributed by atoms with Crippen LogP contribution in [0.1, 0.15) is 0 Å². The predicted octanol–water partition coefficient (Wildman–Crippen LogP) is 1.18. The average molecular weight is 284 g/mol. The third-order valence-corrected chi connectivity index (χ3v) is 3.28. The molecule has 0 amide bonds. The maximum Gasteiger partial charge on any atom is 0.330 e. The molecule has 0 N–H and O–H groups in total. The molecule has 0 atom stereocenters. The van der Waals surface area contributed by atoms with Crippen molar-refractivity contribution in [2.75, 3.05) is 31.8 Å². The molecule has 0 bridgehead atoms. The lowest BCUT2D eigenvalue weighted by atomic mass is 10.5. The molecule has 12 heavy (non-hydrogen) atoms. The zero-order valence-electron chi connectivity index (χ0n) is 7.55. The van der Waals surface area contributed by atoms with Crippen molar-refractivity contribution >= 4 is 28.6 Å². The highest BCUT2D eigenvalue weighted by Gasteiger charge is 2.12. The fourth-order valence-electron chi connectivity index (χ4n) is 0.512. The van der Waals surface area contributed by atoms with Crippen molar-refractivity contribution in [3.63, 3.8) is 0 Å². The van der Waals surface area contributed by atoms with E-state index >= 15 is 0 Å². The Balaban J connectivity index is 3.56. The second-order valence-electron chi connectivity index (χ2n) is 3.15. The third-order valence-electron chi connectivity index (χ3n) is 1.43. The summed E-state index contributed by atoms with van der Waals surface area (Å²) in [7, 11) is 4.18. The maximum absolute atomic E-state index is 10.6. The summed E-state index contributed by atoms with van der Waals surface area (Å²) >= 11 is 2.31. The van der Waals surface area contributed by atoms with Crippen LogP contribution in [-0.4, -0.2) is 42.3 Å². The van der Waals surface area contributed by atoms with Gasteiger partial charge in [-0.05, 0) is 22.6 Å². The van der Waals surface area contributed by atoms with Gasteiger partial charge in [-0.2, -0.15) is 0 Å². The first-order chi connectivity index (χ1) is 5.52. The van der Waals surface area contributed by atoms with Crippen molar-refractivity contribution in [2.45, 2.75) is 0 Å². The molecule has 3 nitrogen and oxygen atoms in total. The number of esters is 1. The standard InChI is InChI=1S/C8H15INO2/c1-4-8(11)12-6-5-10(2,3)7-9/h4H,1,5-7H2,2-3H3/q+1. The number of quaternary nitrogens is 1. The van der Waals surface area contributed by atoms with Crippen molar-refractivity contribution in [2.24, 2.45) is 0 Å². The topological polar surface area (TPSA) is 26.3 Å². The summed E-state index contributed by atoms with van der Waals surface area (Å²) in [6, 6.07) is 0. The molecule has 0 radical (unpaired) electrons. The van der Waals surface area contributed by atoms with Gasteiger partial charge in [0.1, 0.15) is 17.7 Å². The summed E-state index contributed by atoms with van der Waals surface area (Å²) in [6.07, 6.45) is 1.18. The highest BCUT2D eigenvalue weighted by molar-refractivity contribution is 14.1. The lowest BCUT2D eigenvalue weighted by Gasteiger charge is -2.26. The highest BCUT2D eigenvalue weighted by atomic mass is 127. The summed E-state index contributed by atoms with van der Waals surface area (Å²) in [5.41, 5.74) is 0. The molecular weight excluding hydrogens is 269 g/mol. The summed E-state index contributed by atoms with van der Waals surface area (Å²) in [5.74, 6) is -0.344. The van der Waals surface area contributed by atoms with E-state index in [1.165, 1.54) is 6.08 Å². The second-order valence-corrected chi connectivity index (χ2v) is 3.83. The molecule has 0 aromatic heterocycles. The number of carbonyl (C=O) groups excluding carboxylic acids is 1. The number of ether oxygens (including phenoxy) is 1. The van der Waals surface area contributed by atoms with Crippen LogP contribution in [0.2, 0.25) is 0 Å². The van der Waals surface area contributed by atoms with Crippen LogP contribution in [0.15, 0.2) is 12.7 Å². The molecule has 0 spiro atoms. The molecule has 4 heteroatoms. The summed E-state index contributed by atoms with van der Waals surface area (Å²) < 4.78 is 6.71. The molecule has 0 rings (SSSR count). The lowest BCUT2D eigenvalue weighted by molar-refractivity contribution is -0.874. The van der Waals surface area contributed by atoms with Gasteiger partial charge < -0.3 is 9.22 Å². The van der Waals surface area contributed by atoms with E-state index in [9.17, 15) is 4.79 Å². The molecule has 70 valence electrons. The van der Waals surface area contributed by atoms with E-state index in [2.05, 4.69) is 43.3 Å². The second kappa shape index (κ2) is 5.53. The quantitative estimate of drug-likeness (QED) is 0.189. The molecule has 0 saturated heterocycles. The van der Waals surface area contributed by atoms with Gasteiger partial charge in [0.05, 0.1) is 14.1 Å². The minimum absolute atomic E-state index is 0.344. The monoisotopic (exact) mass is 284 g/mol. The van der Waals surface area contributed by atoms with E-state index in [-0.39, 0.29) is 5.97 Å². The fraction of sp³-hybridized carbons (Fsp3) is 0.625. The largest absolute Gasteiger partial charge is 0.457 e. The van der Waals surface area contributed by atoms with Gasteiger partial charge in [-0.1, -0.05) is 6.58 Å². The smallest absolute Gasteiger partial charge is 0.330 e. The molecule has 0 aliphatic rings. The maximum atomic E-state index is 10.6. The van der Waals surface area contributed by atoms with Gasteiger partial charge in [0.2, 0.25) is 0 Å². The minimum atomic E-state index is -0.344. The van der Waals surface area contributed by atoms with Crippen LogP contribution >= 0.6 is 22.6 Å². The predicted molar refractivity (Wildman–Crippen MR) is 57.0 cm³/mol. The Hall–Kier alpha value is -0.100. The molecule has 0 saturated carbocycles. The van der Waals surface area contributed by atoms with Gasteiger partial charge in [0, 0.05) is 6.08 Å². The molecular formula is C8H15INO2+. The van der Waals surface area contributed by atoms with Gasteiger partial charge in [0.25, 0.3) is 0 Å². The van der Waals surface area contributed by atoms with Crippen molar-refractivity contribution in [3.05, 3.63) is 12.7 Å². The van der Waals surface area contributed by atoms with Crippen molar-refractivity contribution < 1.29 is 14.0 Å². The normalized spacial score (nSPS) is 10.9. The SMILES string of the molecule is C=CC(=O)OCC[N+](C)(C)CI. The van der Waals surface area contributed by atoms with E-state index in [0.29, 0.717) is 6.61 Å². The van der Waals surface area contributed by atoms with E-state index in [1.807, 2.05) is 0 Å². The Morgan fingerprint density at radius 1 is 1.67 bits per heavy atom. The Labute approximate surface area is 87.1 Å². The van der Waals surface area contributed by atoms with Crippen molar-refractivity contribution in [1.29, 1.82) is 0 Å². The summed E-state index contributed by atoms with van der Waals surface area (Å²) in [6.45, 7) is 4.61. The van der Waals surface area contributed by atoms with Crippen LogP contribution in [0, 0.1) is 0 Å². The fourth-order valence-corrected chi connectivity index (χ4v) is 0.853. The number of nitrogens with zero attached hydrogens (tertiary/aromatic N) is 1.